The first-order valence-corrected chi connectivity index (χ1v) is 7.62. The number of amides is 2. The SMILES string of the molecule is COc1ccc(N2C(=O)CC(c3c[nH]c4ncccc34)C2=O)cc1.Cl. The second-order valence-electron chi connectivity index (χ2n) is 5.67. The molecule has 2 amide bonds. The Kier molecular flexibility index (Phi) is 4.46. The van der Waals surface area contributed by atoms with Crippen LogP contribution >= 0.6 is 12.4 Å². The van der Waals surface area contributed by atoms with Crippen molar-refractivity contribution in [3.05, 3.63) is 54.4 Å². The molecule has 0 bridgehead atoms. The van der Waals surface area contributed by atoms with Crippen molar-refractivity contribution in [3.63, 3.8) is 0 Å². The molecule has 0 radical (unpaired) electrons. The minimum atomic E-state index is -0.488. The first-order chi connectivity index (χ1) is 11.7. The summed E-state index contributed by atoms with van der Waals surface area (Å²) in [7, 11) is 1.57. The molecule has 1 atom stereocenters. The number of fused-ring (bicyclic) bond motifs is 1. The number of nitrogens with one attached hydrogen (secondary N) is 1. The van der Waals surface area contributed by atoms with Gasteiger partial charge < -0.3 is 9.72 Å². The summed E-state index contributed by atoms with van der Waals surface area (Å²) < 4.78 is 5.11. The molecule has 1 N–H and O–H groups in total. The number of nitrogens with zero attached hydrogens (tertiary/aromatic N) is 2. The number of halogens is 1. The fourth-order valence-electron chi connectivity index (χ4n) is 3.14. The number of carbonyl (C=O) groups is 2. The summed E-state index contributed by atoms with van der Waals surface area (Å²) in [5.74, 6) is -0.224. The second-order valence-corrected chi connectivity index (χ2v) is 5.67. The Balaban J connectivity index is 0.00000182. The van der Waals surface area contributed by atoms with E-state index in [4.69, 9.17) is 4.74 Å². The highest BCUT2D eigenvalue weighted by molar-refractivity contribution is 6.23. The van der Waals surface area contributed by atoms with Gasteiger partial charge in [-0.15, -0.1) is 12.4 Å². The molecular formula is C18H16ClN3O3. The summed E-state index contributed by atoms with van der Waals surface area (Å²) in [6, 6.07) is 10.6. The van der Waals surface area contributed by atoms with Crippen LogP contribution in [-0.2, 0) is 9.59 Å². The zero-order valence-electron chi connectivity index (χ0n) is 13.4. The van der Waals surface area contributed by atoms with Gasteiger partial charge >= 0.3 is 0 Å². The molecule has 1 aliphatic heterocycles. The number of imide groups is 1. The molecule has 25 heavy (non-hydrogen) atoms. The van der Waals surface area contributed by atoms with Gasteiger partial charge in [-0.3, -0.25) is 14.5 Å². The lowest BCUT2D eigenvalue weighted by atomic mass is 9.98. The van der Waals surface area contributed by atoms with Gasteiger partial charge in [-0.25, -0.2) is 4.98 Å². The predicted molar refractivity (Wildman–Crippen MR) is 96.2 cm³/mol. The quantitative estimate of drug-likeness (QED) is 0.731. The molecule has 3 heterocycles. The van der Waals surface area contributed by atoms with Crippen LogP contribution in [0.3, 0.4) is 0 Å². The van der Waals surface area contributed by atoms with Crippen molar-refractivity contribution in [2.24, 2.45) is 0 Å². The van der Waals surface area contributed by atoms with Gasteiger partial charge in [-0.1, -0.05) is 0 Å². The lowest BCUT2D eigenvalue weighted by molar-refractivity contribution is -0.121. The van der Waals surface area contributed by atoms with E-state index in [1.165, 1.54) is 4.90 Å². The number of hydrogen-bond donors (Lipinski definition) is 1. The molecular weight excluding hydrogens is 342 g/mol. The lowest BCUT2D eigenvalue weighted by Crippen LogP contribution is -2.29. The first-order valence-electron chi connectivity index (χ1n) is 7.62. The van der Waals surface area contributed by atoms with Crippen LogP contribution < -0.4 is 9.64 Å². The fourth-order valence-corrected chi connectivity index (χ4v) is 3.14. The molecule has 1 fully saturated rings. The molecule has 0 aliphatic carbocycles. The van der Waals surface area contributed by atoms with Crippen molar-refractivity contribution in [3.8, 4) is 5.75 Å². The molecule has 1 saturated heterocycles. The van der Waals surface area contributed by atoms with Crippen molar-refractivity contribution in [2.75, 3.05) is 12.0 Å². The number of H-pyrrole nitrogens is 1. The number of benzene rings is 1. The Morgan fingerprint density at radius 2 is 1.96 bits per heavy atom. The van der Waals surface area contributed by atoms with Crippen LogP contribution in [0.25, 0.3) is 11.0 Å². The van der Waals surface area contributed by atoms with E-state index in [0.29, 0.717) is 11.4 Å². The van der Waals surface area contributed by atoms with Gasteiger partial charge in [0, 0.05) is 24.2 Å². The summed E-state index contributed by atoms with van der Waals surface area (Å²) in [6.07, 6.45) is 3.62. The molecule has 1 unspecified atom stereocenters. The largest absolute Gasteiger partial charge is 0.497 e. The van der Waals surface area contributed by atoms with Gasteiger partial charge in [-0.05, 0) is 42.0 Å². The van der Waals surface area contributed by atoms with Gasteiger partial charge in [-0.2, -0.15) is 0 Å². The smallest absolute Gasteiger partial charge is 0.241 e. The average molecular weight is 358 g/mol. The Hall–Kier alpha value is -2.86. The maximum Gasteiger partial charge on any atom is 0.241 e. The van der Waals surface area contributed by atoms with E-state index in [1.54, 1.807) is 43.8 Å². The Labute approximate surface area is 150 Å². The van der Waals surface area contributed by atoms with Crippen LogP contribution in [0.2, 0.25) is 0 Å². The highest BCUT2D eigenvalue weighted by Gasteiger charge is 2.41. The number of aromatic nitrogens is 2. The number of methoxy groups -OCH3 is 1. The van der Waals surface area contributed by atoms with Gasteiger partial charge in [0.2, 0.25) is 11.8 Å². The monoisotopic (exact) mass is 357 g/mol. The number of carbonyl (C=O) groups excluding carboxylic acids is 2. The molecule has 3 aromatic rings. The van der Waals surface area contributed by atoms with E-state index in [2.05, 4.69) is 9.97 Å². The normalized spacial score (nSPS) is 17.0. The topological polar surface area (TPSA) is 75.3 Å². The molecule has 1 aromatic carbocycles. The number of rotatable bonds is 3. The molecule has 0 saturated carbocycles. The number of anilines is 1. The lowest BCUT2D eigenvalue weighted by Gasteiger charge is -2.15. The minimum Gasteiger partial charge on any atom is -0.497 e. The third-order valence-corrected chi connectivity index (χ3v) is 4.34. The molecule has 4 rings (SSSR count). The van der Waals surface area contributed by atoms with Crippen molar-refractivity contribution >= 4 is 40.9 Å². The summed E-state index contributed by atoms with van der Waals surface area (Å²) in [5, 5.41) is 0.875. The van der Waals surface area contributed by atoms with Crippen molar-refractivity contribution < 1.29 is 14.3 Å². The molecule has 7 heteroatoms. The molecule has 6 nitrogen and oxygen atoms in total. The zero-order valence-corrected chi connectivity index (χ0v) is 14.2. The van der Waals surface area contributed by atoms with E-state index in [0.717, 1.165) is 16.6 Å². The standard InChI is InChI=1S/C18H15N3O3.ClH/c1-24-12-6-4-11(5-7-12)21-16(22)9-14(18(21)23)15-10-20-17-13(15)3-2-8-19-17;/h2-8,10,14H,9H2,1H3,(H,19,20);1H. The van der Waals surface area contributed by atoms with E-state index < -0.39 is 5.92 Å². The van der Waals surface area contributed by atoms with Crippen LogP contribution in [0.1, 0.15) is 17.9 Å². The van der Waals surface area contributed by atoms with Gasteiger partial charge in [0.1, 0.15) is 11.4 Å². The van der Waals surface area contributed by atoms with Crippen LogP contribution in [-0.4, -0.2) is 28.9 Å². The summed E-state index contributed by atoms with van der Waals surface area (Å²) >= 11 is 0. The predicted octanol–water partition coefficient (Wildman–Crippen LogP) is 3.04. The maximum absolute atomic E-state index is 12.9. The van der Waals surface area contributed by atoms with Gasteiger partial charge in [0.25, 0.3) is 0 Å². The second kappa shape index (κ2) is 6.57. The van der Waals surface area contributed by atoms with Gasteiger partial charge in [0.05, 0.1) is 18.7 Å². The zero-order chi connectivity index (χ0) is 16.7. The van der Waals surface area contributed by atoms with Crippen LogP contribution in [0.5, 0.6) is 5.75 Å². The Morgan fingerprint density at radius 1 is 1.20 bits per heavy atom. The number of hydrogen-bond acceptors (Lipinski definition) is 4. The highest BCUT2D eigenvalue weighted by Crippen LogP contribution is 2.36. The summed E-state index contributed by atoms with van der Waals surface area (Å²) in [6.45, 7) is 0. The molecule has 2 aromatic heterocycles. The van der Waals surface area contributed by atoms with E-state index in [1.807, 2.05) is 12.1 Å². The van der Waals surface area contributed by atoms with E-state index >= 15 is 0 Å². The average Bonchev–Trinajstić information content (AvgIpc) is 3.16. The first kappa shape index (κ1) is 17.0. The van der Waals surface area contributed by atoms with E-state index in [9.17, 15) is 9.59 Å². The molecule has 128 valence electrons. The Morgan fingerprint density at radius 3 is 2.68 bits per heavy atom. The highest BCUT2D eigenvalue weighted by atomic mass is 35.5. The maximum atomic E-state index is 12.9. The Bertz CT molecular complexity index is 936. The molecule has 1 aliphatic rings. The third-order valence-electron chi connectivity index (χ3n) is 4.34. The minimum absolute atomic E-state index is 0. The van der Waals surface area contributed by atoms with Crippen molar-refractivity contribution in [1.82, 2.24) is 9.97 Å². The van der Waals surface area contributed by atoms with Crippen molar-refractivity contribution in [2.45, 2.75) is 12.3 Å². The van der Waals surface area contributed by atoms with Crippen molar-refractivity contribution in [1.29, 1.82) is 0 Å². The number of ether oxygens (including phenoxy) is 1. The van der Waals surface area contributed by atoms with Crippen LogP contribution in [0.4, 0.5) is 5.69 Å². The molecule has 0 spiro atoms. The third kappa shape index (κ3) is 2.74. The summed E-state index contributed by atoms with van der Waals surface area (Å²) in [4.78, 5) is 33.8. The van der Waals surface area contributed by atoms with Crippen LogP contribution in [0.15, 0.2) is 48.8 Å². The number of aromatic amines is 1. The summed E-state index contributed by atoms with van der Waals surface area (Å²) in [5.41, 5.74) is 2.09. The van der Waals surface area contributed by atoms with Crippen LogP contribution in [0, 0.1) is 0 Å². The fraction of sp³-hybridized carbons (Fsp3) is 0.167. The van der Waals surface area contributed by atoms with Gasteiger partial charge in [0.15, 0.2) is 0 Å². The number of pyridine rings is 1. The van der Waals surface area contributed by atoms with E-state index in [-0.39, 0.29) is 30.6 Å².